The molecular weight excluding hydrogens is 335 g/mol. The lowest BCUT2D eigenvalue weighted by molar-refractivity contribution is 0.946. The molecule has 23 heavy (non-hydrogen) atoms. The summed E-state index contributed by atoms with van der Waals surface area (Å²) in [4.78, 5) is 8.39. The average molecular weight is 347 g/mol. The van der Waals surface area contributed by atoms with Crippen molar-refractivity contribution < 1.29 is 0 Å². The number of nitrogens with zero attached hydrogens (tertiary/aromatic N) is 4. The summed E-state index contributed by atoms with van der Waals surface area (Å²) in [6.07, 6.45) is 5.01. The highest BCUT2D eigenvalue weighted by Crippen LogP contribution is 2.27. The normalized spacial score (nSPS) is 10.3. The van der Waals surface area contributed by atoms with Gasteiger partial charge in [-0.05, 0) is 29.8 Å². The van der Waals surface area contributed by atoms with Crippen molar-refractivity contribution in [3.63, 3.8) is 0 Å². The molecule has 0 aliphatic carbocycles. The zero-order chi connectivity index (χ0) is 16.1. The van der Waals surface area contributed by atoms with Crippen molar-refractivity contribution in [1.82, 2.24) is 20.2 Å². The molecule has 0 radical (unpaired) electrons. The Kier molecular flexibility index (Phi) is 4.85. The van der Waals surface area contributed by atoms with Gasteiger partial charge in [0.05, 0.1) is 16.9 Å². The van der Waals surface area contributed by atoms with Gasteiger partial charge in [0.2, 0.25) is 5.95 Å². The van der Waals surface area contributed by atoms with Gasteiger partial charge < -0.3 is 10.6 Å². The Hall–Kier alpha value is -2.44. The van der Waals surface area contributed by atoms with E-state index in [-0.39, 0.29) is 0 Å². The molecule has 0 amide bonds. The van der Waals surface area contributed by atoms with E-state index in [2.05, 4.69) is 30.8 Å². The van der Waals surface area contributed by atoms with Crippen LogP contribution in [0.25, 0.3) is 0 Å². The Morgan fingerprint density at radius 3 is 2.78 bits per heavy atom. The first-order valence-corrected chi connectivity index (χ1v) is 7.51. The Morgan fingerprint density at radius 1 is 1.09 bits per heavy atom. The van der Waals surface area contributed by atoms with Crippen molar-refractivity contribution in [2.45, 2.75) is 6.54 Å². The van der Waals surface area contributed by atoms with Gasteiger partial charge in [-0.3, -0.25) is 4.98 Å². The van der Waals surface area contributed by atoms with Crippen LogP contribution in [0.15, 0.2) is 48.9 Å². The van der Waals surface area contributed by atoms with E-state index >= 15 is 0 Å². The fourth-order valence-corrected chi connectivity index (χ4v) is 2.31. The Morgan fingerprint density at radius 2 is 2.00 bits per heavy atom. The average Bonchev–Trinajstić information content (AvgIpc) is 2.57. The number of pyridine rings is 1. The summed E-state index contributed by atoms with van der Waals surface area (Å²) in [5.74, 6) is 0.932. The number of hydrogen-bond donors (Lipinski definition) is 2. The van der Waals surface area contributed by atoms with Crippen LogP contribution in [0.3, 0.4) is 0 Å². The topological polar surface area (TPSA) is 75.6 Å². The molecule has 0 saturated heterocycles. The lowest BCUT2D eigenvalue weighted by Crippen LogP contribution is -2.06. The zero-order valence-electron chi connectivity index (χ0n) is 11.9. The molecule has 6 nitrogen and oxygen atoms in total. The monoisotopic (exact) mass is 346 g/mol. The lowest BCUT2D eigenvalue weighted by atomic mass is 10.3. The summed E-state index contributed by atoms with van der Waals surface area (Å²) in [6.45, 7) is 0.556. The number of rotatable bonds is 5. The Labute approximate surface area is 142 Å². The summed E-state index contributed by atoms with van der Waals surface area (Å²) in [6, 6.07) is 9.00. The molecule has 3 rings (SSSR count). The van der Waals surface area contributed by atoms with Crippen LogP contribution in [0.5, 0.6) is 0 Å². The summed E-state index contributed by atoms with van der Waals surface area (Å²) < 4.78 is 0. The molecule has 0 atom stereocenters. The molecule has 116 valence electrons. The van der Waals surface area contributed by atoms with Gasteiger partial charge in [-0.2, -0.15) is 10.1 Å². The van der Waals surface area contributed by atoms with Gasteiger partial charge in [0.15, 0.2) is 5.82 Å². The van der Waals surface area contributed by atoms with Crippen molar-refractivity contribution in [1.29, 1.82) is 0 Å². The van der Waals surface area contributed by atoms with E-state index in [4.69, 9.17) is 23.2 Å². The Balaban J connectivity index is 1.69. The van der Waals surface area contributed by atoms with E-state index in [1.54, 1.807) is 30.6 Å². The molecular formula is C15H12Cl2N6. The number of halogens is 2. The highest BCUT2D eigenvalue weighted by Gasteiger charge is 2.05. The van der Waals surface area contributed by atoms with Gasteiger partial charge in [-0.25, -0.2) is 0 Å². The molecule has 0 spiro atoms. The van der Waals surface area contributed by atoms with Crippen LogP contribution in [-0.2, 0) is 6.54 Å². The van der Waals surface area contributed by atoms with Gasteiger partial charge in [-0.15, -0.1) is 5.10 Å². The molecule has 2 N–H and O–H groups in total. The van der Waals surface area contributed by atoms with Crippen molar-refractivity contribution in [3.8, 4) is 0 Å². The summed E-state index contributed by atoms with van der Waals surface area (Å²) in [7, 11) is 0. The van der Waals surface area contributed by atoms with Crippen LogP contribution < -0.4 is 10.6 Å². The summed E-state index contributed by atoms with van der Waals surface area (Å²) >= 11 is 12.0. The van der Waals surface area contributed by atoms with Crippen molar-refractivity contribution in [2.75, 3.05) is 10.6 Å². The van der Waals surface area contributed by atoms with E-state index in [0.717, 1.165) is 5.56 Å². The van der Waals surface area contributed by atoms with Crippen LogP contribution in [0.1, 0.15) is 5.56 Å². The Bertz CT molecular complexity index is 797. The minimum atomic E-state index is 0.406. The van der Waals surface area contributed by atoms with Crippen molar-refractivity contribution in [2.24, 2.45) is 0 Å². The second kappa shape index (κ2) is 7.21. The van der Waals surface area contributed by atoms with Crippen LogP contribution in [0, 0.1) is 0 Å². The molecule has 0 aliphatic heterocycles. The van der Waals surface area contributed by atoms with Crippen LogP contribution in [-0.4, -0.2) is 20.2 Å². The number of aromatic nitrogens is 4. The van der Waals surface area contributed by atoms with E-state index in [0.29, 0.717) is 34.0 Å². The molecule has 0 unspecified atom stereocenters. The van der Waals surface area contributed by atoms with Crippen LogP contribution in [0.2, 0.25) is 10.0 Å². The smallest absolute Gasteiger partial charge is 0.244 e. The van der Waals surface area contributed by atoms with Gasteiger partial charge in [-0.1, -0.05) is 29.3 Å². The molecule has 8 heteroatoms. The highest BCUT2D eigenvalue weighted by molar-refractivity contribution is 6.36. The molecule has 0 bridgehead atoms. The summed E-state index contributed by atoms with van der Waals surface area (Å²) in [5, 5.41) is 15.1. The predicted molar refractivity (Wildman–Crippen MR) is 91.1 cm³/mol. The first-order chi connectivity index (χ1) is 11.2. The maximum atomic E-state index is 6.13. The molecule has 2 aromatic heterocycles. The quantitative estimate of drug-likeness (QED) is 0.728. The van der Waals surface area contributed by atoms with E-state index in [9.17, 15) is 0 Å². The second-order valence-electron chi connectivity index (χ2n) is 4.63. The zero-order valence-corrected chi connectivity index (χ0v) is 13.4. The molecule has 2 heterocycles. The first kappa shape index (κ1) is 15.5. The molecule has 0 saturated carbocycles. The second-order valence-corrected chi connectivity index (χ2v) is 5.47. The fraction of sp³-hybridized carbons (Fsp3) is 0.0667. The standard InChI is InChI=1S/C15H12Cl2N6/c16-11-3-4-13(12(17)6-11)21-14-9-20-23-15(22-14)19-8-10-2-1-5-18-7-10/h1-7,9H,8H2,(H2,19,21,22,23). The number of nitrogens with one attached hydrogen (secondary N) is 2. The summed E-state index contributed by atoms with van der Waals surface area (Å²) in [5.41, 5.74) is 1.71. The third-order valence-electron chi connectivity index (χ3n) is 2.93. The SMILES string of the molecule is Clc1ccc(Nc2cnnc(NCc3cccnc3)n2)c(Cl)c1. The highest BCUT2D eigenvalue weighted by atomic mass is 35.5. The van der Waals surface area contributed by atoms with E-state index in [1.807, 2.05) is 12.1 Å². The minimum absolute atomic E-state index is 0.406. The van der Waals surface area contributed by atoms with Crippen LogP contribution >= 0.6 is 23.2 Å². The largest absolute Gasteiger partial charge is 0.349 e. The molecule has 1 aromatic carbocycles. The van der Waals surface area contributed by atoms with Gasteiger partial charge in [0.1, 0.15) is 0 Å². The fourth-order valence-electron chi connectivity index (χ4n) is 1.85. The number of benzene rings is 1. The first-order valence-electron chi connectivity index (χ1n) is 6.75. The van der Waals surface area contributed by atoms with E-state index in [1.165, 1.54) is 6.20 Å². The minimum Gasteiger partial charge on any atom is -0.349 e. The van der Waals surface area contributed by atoms with Crippen molar-refractivity contribution >= 4 is 40.7 Å². The maximum absolute atomic E-state index is 6.13. The molecule has 0 fully saturated rings. The molecule has 0 aliphatic rings. The molecule has 3 aromatic rings. The number of hydrogen-bond acceptors (Lipinski definition) is 6. The van der Waals surface area contributed by atoms with Gasteiger partial charge in [0.25, 0.3) is 0 Å². The lowest BCUT2D eigenvalue weighted by Gasteiger charge is -2.09. The maximum Gasteiger partial charge on any atom is 0.244 e. The van der Waals surface area contributed by atoms with E-state index < -0.39 is 0 Å². The third-order valence-corrected chi connectivity index (χ3v) is 3.47. The van der Waals surface area contributed by atoms with Gasteiger partial charge in [0, 0.05) is 24.0 Å². The van der Waals surface area contributed by atoms with Gasteiger partial charge >= 0.3 is 0 Å². The third kappa shape index (κ3) is 4.28. The van der Waals surface area contributed by atoms with Crippen LogP contribution in [0.4, 0.5) is 17.5 Å². The number of anilines is 3. The predicted octanol–water partition coefficient (Wildman–Crippen LogP) is 3.93. The van der Waals surface area contributed by atoms with Crippen molar-refractivity contribution in [3.05, 3.63) is 64.5 Å².